The highest BCUT2D eigenvalue weighted by molar-refractivity contribution is 5.95. The van der Waals surface area contributed by atoms with Gasteiger partial charge in [-0.05, 0) is 19.4 Å². The van der Waals surface area contributed by atoms with Crippen molar-refractivity contribution in [2.75, 3.05) is 0 Å². The van der Waals surface area contributed by atoms with Crippen molar-refractivity contribution in [2.24, 2.45) is 5.10 Å². The molecule has 0 aliphatic carbocycles. The maximum absolute atomic E-state index is 11.7. The Morgan fingerprint density at radius 3 is 2.83 bits per heavy atom. The van der Waals surface area contributed by atoms with E-state index in [9.17, 15) is 14.9 Å². The van der Waals surface area contributed by atoms with Gasteiger partial charge in [0.1, 0.15) is 0 Å². The largest absolute Gasteiger partial charge is 0.271 e. The fraction of sp³-hybridized carbons (Fsp3) is 0.333. The lowest BCUT2D eigenvalue weighted by Gasteiger charge is -2.01. The van der Waals surface area contributed by atoms with Gasteiger partial charge in [0.25, 0.3) is 11.6 Å². The quantitative estimate of drug-likeness (QED) is 0.494. The molecule has 0 heterocycles. The van der Waals surface area contributed by atoms with Crippen molar-refractivity contribution in [1.29, 1.82) is 0 Å². The van der Waals surface area contributed by atoms with E-state index in [1.807, 2.05) is 13.8 Å². The number of nitrogens with zero attached hydrogens (tertiary/aromatic N) is 2. The molecule has 0 saturated carbocycles. The van der Waals surface area contributed by atoms with Crippen molar-refractivity contribution in [1.82, 2.24) is 5.43 Å². The number of hydrazone groups is 1. The number of nitro groups is 1. The van der Waals surface area contributed by atoms with E-state index in [1.165, 1.54) is 24.3 Å². The van der Waals surface area contributed by atoms with E-state index in [0.717, 1.165) is 18.6 Å². The molecule has 1 rings (SSSR count). The first-order valence-electron chi connectivity index (χ1n) is 5.62. The molecule has 1 aromatic carbocycles. The first-order valence-corrected chi connectivity index (χ1v) is 5.62. The first-order chi connectivity index (χ1) is 8.54. The van der Waals surface area contributed by atoms with E-state index < -0.39 is 10.8 Å². The molecule has 0 unspecified atom stereocenters. The summed E-state index contributed by atoms with van der Waals surface area (Å²) < 4.78 is 0. The van der Waals surface area contributed by atoms with Crippen molar-refractivity contribution in [3.05, 3.63) is 39.9 Å². The summed E-state index contributed by atoms with van der Waals surface area (Å²) in [6.07, 6.45) is 1.75. The topological polar surface area (TPSA) is 84.6 Å². The summed E-state index contributed by atoms with van der Waals surface area (Å²) in [6, 6.07) is 5.53. The lowest BCUT2D eigenvalue weighted by molar-refractivity contribution is -0.384. The van der Waals surface area contributed by atoms with Crippen LogP contribution in [-0.4, -0.2) is 16.5 Å². The molecule has 1 N–H and O–H groups in total. The minimum absolute atomic E-state index is 0.114. The Morgan fingerprint density at radius 1 is 1.50 bits per heavy atom. The van der Waals surface area contributed by atoms with Gasteiger partial charge in [-0.1, -0.05) is 19.4 Å². The van der Waals surface area contributed by atoms with Gasteiger partial charge in [-0.25, -0.2) is 5.43 Å². The van der Waals surface area contributed by atoms with Gasteiger partial charge in [-0.3, -0.25) is 14.9 Å². The molecule has 0 bridgehead atoms. The zero-order valence-corrected chi connectivity index (χ0v) is 10.3. The van der Waals surface area contributed by atoms with Gasteiger partial charge in [0, 0.05) is 23.4 Å². The summed E-state index contributed by atoms with van der Waals surface area (Å²) in [7, 11) is 0. The molecule has 6 heteroatoms. The Hall–Kier alpha value is -2.24. The predicted molar refractivity (Wildman–Crippen MR) is 68.6 cm³/mol. The van der Waals surface area contributed by atoms with Crippen LogP contribution in [0, 0.1) is 10.1 Å². The summed E-state index contributed by atoms with van der Waals surface area (Å²) in [4.78, 5) is 21.7. The molecule has 0 atom stereocenters. The van der Waals surface area contributed by atoms with Crippen LogP contribution in [0.2, 0.25) is 0 Å². The molecule has 0 radical (unpaired) electrons. The van der Waals surface area contributed by atoms with Gasteiger partial charge in [0.15, 0.2) is 0 Å². The number of non-ortho nitro benzene ring substituents is 1. The van der Waals surface area contributed by atoms with E-state index in [1.54, 1.807) is 0 Å². The number of hydrogen-bond acceptors (Lipinski definition) is 4. The molecule has 1 aromatic rings. The van der Waals surface area contributed by atoms with Gasteiger partial charge in [-0.2, -0.15) is 5.10 Å². The van der Waals surface area contributed by atoms with Crippen LogP contribution in [0.4, 0.5) is 5.69 Å². The number of carbonyl (C=O) groups is 1. The van der Waals surface area contributed by atoms with Crippen molar-refractivity contribution in [2.45, 2.75) is 26.7 Å². The zero-order chi connectivity index (χ0) is 13.5. The van der Waals surface area contributed by atoms with Crippen molar-refractivity contribution < 1.29 is 9.72 Å². The number of nitrogens with one attached hydrogen (secondary N) is 1. The molecular formula is C12H15N3O3. The molecule has 6 nitrogen and oxygen atoms in total. The Labute approximate surface area is 105 Å². The second-order valence-corrected chi connectivity index (χ2v) is 3.85. The van der Waals surface area contributed by atoms with Crippen LogP contribution >= 0.6 is 0 Å². The monoisotopic (exact) mass is 249 g/mol. The van der Waals surface area contributed by atoms with Gasteiger partial charge < -0.3 is 0 Å². The second-order valence-electron chi connectivity index (χ2n) is 3.85. The molecular weight excluding hydrogens is 234 g/mol. The van der Waals surface area contributed by atoms with E-state index >= 15 is 0 Å². The molecule has 0 aliphatic heterocycles. The Kier molecular flexibility index (Phi) is 4.98. The van der Waals surface area contributed by atoms with Crippen LogP contribution in [-0.2, 0) is 0 Å². The molecule has 96 valence electrons. The molecule has 0 aliphatic rings. The number of benzene rings is 1. The number of carbonyl (C=O) groups excluding carboxylic acids is 1. The lowest BCUT2D eigenvalue weighted by atomic mass is 10.2. The van der Waals surface area contributed by atoms with Crippen molar-refractivity contribution in [3.63, 3.8) is 0 Å². The third kappa shape index (κ3) is 3.97. The zero-order valence-electron chi connectivity index (χ0n) is 10.3. The predicted octanol–water partition coefficient (Wildman–Crippen LogP) is 2.50. The van der Waals surface area contributed by atoms with E-state index in [0.29, 0.717) is 0 Å². The summed E-state index contributed by atoms with van der Waals surface area (Å²) in [5.41, 5.74) is 3.30. The molecule has 0 spiro atoms. The highest BCUT2D eigenvalue weighted by atomic mass is 16.6. The van der Waals surface area contributed by atoms with Gasteiger partial charge in [0.2, 0.25) is 0 Å². The minimum atomic E-state index is -0.539. The van der Waals surface area contributed by atoms with E-state index in [-0.39, 0.29) is 11.3 Å². The third-order valence-electron chi connectivity index (χ3n) is 2.28. The van der Waals surface area contributed by atoms with Crippen LogP contribution in [0.1, 0.15) is 37.0 Å². The Balaban J connectivity index is 2.76. The SMILES string of the molecule is CCC/C(C)=N\NC(=O)c1cccc([N+](=O)[O-])c1. The van der Waals surface area contributed by atoms with E-state index in [2.05, 4.69) is 10.5 Å². The summed E-state index contributed by atoms with van der Waals surface area (Å²) >= 11 is 0. The maximum Gasteiger partial charge on any atom is 0.271 e. The first kappa shape index (κ1) is 13.8. The minimum Gasteiger partial charge on any atom is -0.267 e. The number of rotatable bonds is 5. The summed E-state index contributed by atoms with van der Waals surface area (Å²) in [5, 5.41) is 14.5. The van der Waals surface area contributed by atoms with Gasteiger partial charge in [-0.15, -0.1) is 0 Å². The van der Waals surface area contributed by atoms with Crippen molar-refractivity contribution in [3.8, 4) is 0 Å². The number of hydrogen-bond donors (Lipinski definition) is 1. The molecule has 0 aromatic heterocycles. The summed E-state index contributed by atoms with van der Waals surface area (Å²) in [5.74, 6) is -0.450. The van der Waals surface area contributed by atoms with Gasteiger partial charge >= 0.3 is 0 Å². The third-order valence-corrected chi connectivity index (χ3v) is 2.28. The fourth-order valence-electron chi connectivity index (χ4n) is 1.39. The lowest BCUT2D eigenvalue weighted by Crippen LogP contribution is -2.19. The second kappa shape index (κ2) is 6.48. The van der Waals surface area contributed by atoms with E-state index in [4.69, 9.17) is 0 Å². The maximum atomic E-state index is 11.7. The van der Waals surface area contributed by atoms with Crippen LogP contribution in [0.15, 0.2) is 29.4 Å². The van der Waals surface area contributed by atoms with Crippen LogP contribution in [0.5, 0.6) is 0 Å². The smallest absolute Gasteiger partial charge is 0.267 e. The number of amides is 1. The Morgan fingerprint density at radius 2 is 2.22 bits per heavy atom. The van der Waals surface area contributed by atoms with Crippen molar-refractivity contribution >= 4 is 17.3 Å². The highest BCUT2D eigenvalue weighted by Gasteiger charge is 2.10. The normalized spacial score (nSPS) is 11.1. The molecule has 0 fully saturated rings. The van der Waals surface area contributed by atoms with Crippen LogP contribution in [0.25, 0.3) is 0 Å². The molecule has 1 amide bonds. The fourth-order valence-corrected chi connectivity index (χ4v) is 1.39. The average molecular weight is 249 g/mol. The number of nitro benzene ring substituents is 1. The van der Waals surface area contributed by atoms with Crippen LogP contribution in [0.3, 0.4) is 0 Å². The standard InChI is InChI=1S/C12H15N3O3/c1-3-5-9(2)13-14-12(16)10-6-4-7-11(8-10)15(17)18/h4,6-8H,3,5H2,1-2H3,(H,14,16)/b13-9-. The molecule has 18 heavy (non-hydrogen) atoms. The average Bonchev–Trinajstić information content (AvgIpc) is 2.36. The van der Waals surface area contributed by atoms with Gasteiger partial charge in [0.05, 0.1) is 4.92 Å². The highest BCUT2D eigenvalue weighted by Crippen LogP contribution is 2.12. The summed E-state index contributed by atoms with van der Waals surface area (Å²) in [6.45, 7) is 3.83. The Bertz CT molecular complexity index is 483. The molecule has 0 saturated heterocycles. The van der Waals surface area contributed by atoms with Crippen LogP contribution < -0.4 is 5.43 Å².